The summed E-state index contributed by atoms with van der Waals surface area (Å²) < 4.78 is 27.3. The minimum Gasteiger partial charge on any atom is -0.285 e. The normalized spacial score (nSPS) is 16.1. The predicted octanol–water partition coefficient (Wildman–Crippen LogP) is 1.71. The number of alkyl halides is 3. The lowest BCUT2D eigenvalue weighted by atomic mass is 11.0. The molecule has 0 bridgehead atoms. The summed E-state index contributed by atoms with van der Waals surface area (Å²) in [6.45, 7) is 0. The highest BCUT2D eigenvalue weighted by atomic mass is 79.9. The monoisotopic (exact) mass is 344 g/mol. The molecule has 0 fully saturated rings. The van der Waals surface area contributed by atoms with E-state index >= 15 is 0 Å². The summed E-state index contributed by atoms with van der Waals surface area (Å²) in [6.07, 6.45) is 0. The second kappa shape index (κ2) is 3.66. The van der Waals surface area contributed by atoms with E-state index in [0.29, 0.717) is 0 Å². The second-order valence-corrected chi connectivity index (χ2v) is 7.53. The molecule has 0 amide bonds. The Bertz CT molecular complexity index is 173. The molecular formula is C2H3Br3O3S. The van der Waals surface area contributed by atoms with Crippen molar-refractivity contribution in [2.24, 2.45) is 0 Å². The largest absolute Gasteiger partial charge is 0.285 e. The van der Waals surface area contributed by atoms with Crippen molar-refractivity contribution in [3.05, 3.63) is 0 Å². The van der Waals surface area contributed by atoms with Crippen molar-refractivity contribution in [1.82, 2.24) is 0 Å². The molecule has 0 aliphatic heterocycles. The summed E-state index contributed by atoms with van der Waals surface area (Å²) >= 11 is 8.54. The van der Waals surface area contributed by atoms with E-state index in [9.17, 15) is 8.42 Å². The van der Waals surface area contributed by atoms with Gasteiger partial charge in [0.1, 0.15) is 0 Å². The maximum atomic E-state index is 10.2. The Hall–Kier alpha value is 1.35. The SMILES string of the molecule is O=S(=O)(O)C(Br)C(Br)Br. The second-order valence-electron chi connectivity index (χ2n) is 1.20. The molecule has 1 N–H and O–H groups in total. The van der Waals surface area contributed by atoms with E-state index in [-0.39, 0.29) is 0 Å². The van der Waals surface area contributed by atoms with Crippen LogP contribution in [0.1, 0.15) is 0 Å². The van der Waals surface area contributed by atoms with Gasteiger partial charge in [0.2, 0.25) is 0 Å². The van der Waals surface area contributed by atoms with Crippen LogP contribution in [-0.4, -0.2) is 20.9 Å². The summed E-state index contributed by atoms with van der Waals surface area (Å²) in [6, 6.07) is 0. The molecule has 0 aromatic heterocycles. The van der Waals surface area contributed by atoms with E-state index in [1.807, 2.05) is 0 Å². The van der Waals surface area contributed by atoms with Gasteiger partial charge in [-0.25, -0.2) is 0 Å². The standard InChI is InChI=1S/C2H3Br3O3S/c3-1(4)2(5)9(6,7)8/h1-2H,(H,6,7,8). The molecule has 0 radical (unpaired) electrons. The highest BCUT2D eigenvalue weighted by Gasteiger charge is 2.25. The number of hydrogen-bond donors (Lipinski definition) is 1. The van der Waals surface area contributed by atoms with Crippen LogP contribution in [-0.2, 0) is 10.1 Å². The molecule has 0 aromatic carbocycles. The highest BCUT2D eigenvalue weighted by Crippen LogP contribution is 2.23. The lowest BCUT2D eigenvalue weighted by molar-refractivity contribution is 0.482. The van der Waals surface area contributed by atoms with Gasteiger partial charge in [0.05, 0.1) is 3.74 Å². The predicted molar refractivity (Wildman–Crippen MR) is 45.9 cm³/mol. The van der Waals surface area contributed by atoms with Crippen molar-refractivity contribution in [2.75, 3.05) is 0 Å². The van der Waals surface area contributed by atoms with Crippen LogP contribution in [0.2, 0.25) is 0 Å². The topological polar surface area (TPSA) is 54.4 Å². The Morgan fingerprint density at radius 3 is 1.56 bits per heavy atom. The van der Waals surface area contributed by atoms with E-state index in [4.69, 9.17) is 4.55 Å². The van der Waals surface area contributed by atoms with Gasteiger partial charge in [-0.2, -0.15) is 8.42 Å². The van der Waals surface area contributed by atoms with Crippen LogP contribution in [0.15, 0.2) is 0 Å². The van der Waals surface area contributed by atoms with Gasteiger partial charge in [0.25, 0.3) is 10.1 Å². The maximum absolute atomic E-state index is 10.2. The summed E-state index contributed by atoms with van der Waals surface area (Å²) in [7, 11) is -3.98. The molecule has 0 aromatic rings. The average molecular weight is 347 g/mol. The van der Waals surface area contributed by atoms with Gasteiger partial charge >= 0.3 is 0 Å². The molecule has 0 heterocycles. The molecule has 56 valence electrons. The molecule has 7 heteroatoms. The lowest BCUT2D eigenvalue weighted by Gasteiger charge is -2.05. The van der Waals surface area contributed by atoms with Gasteiger partial charge in [-0.3, -0.25) is 4.55 Å². The van der Waals surface area contributed by atoms with Gasteiger partial charge in [0, 0.05) is 0 Å². The van der Waals surface area contributed by atoms with Gasteiger partial charge in [0.15, 0.2) is 4.16 Å². The van der Waals surface area contributed by atoms with Crippen LogP contribution in [0, 0.1) is 0 Å². The fraction of sp³-hybridized carbons (Fsp3) is 1.00. The number of hydrogen-bond acceptors (Lipinski definition) is 2. The van der Waals surface area contributed by atoms with Crippen molar-refractivity contribution in [1.29, 1.82) is 0 Å². The lowest BCUT2D eigenvalue weighted by Crippen LogP contribution is -2.19. The number of halogens is 3. The van der Waals surface area contributed by atoms with E-state index < -0.39 is 18.0 Å². The molecular weight excluding hydrogens is 344 g/mol. The molecule has 9 heavy (non-hydrogen) atoms. The van der Waals surface area contributed by atoms with Crippen LogP contribution in [0.3, 0.4) is 0 Å². The molecule has 1 atom stereocenters. The van der Waals surface area contributed by atoms with Gasteiger partial charge in [-0.05, 0) is 0 Å². The first-order chi connectivity index (χ1) is 3.85. The molecule has 0 aliphatic rings. The van der Waals surface area contributed by atoms with Gasteiger partial charge in [-0.1, -0.05) is 47.8 Å². The average Bonchev–Trinajstić information content (AvgIpc) is 1.62. The first-order valence-electron chi connectivity index (χ1n) is 1.74. The Labute approximate surface area is 78.3 Å². The van der Waals surface area contributed by atoms with E-state index in [0.717, 1.165) is 0 Å². The van der Waals surface area contributed by atoms with Crippen LogP contribution in [0.4, 0.5) is 0 Å². The van der Waals surface area contributed by atoms with Crippen molar-refractivity contribution < 1.29 is 13.0 Å². The number of rotatable bonds is 2. The molecule has 1 unspecified atom stereocenters. The van der Waals surface area contributed by atoms with Crippen molar-refractivity contribution >= 4 is 57.9 Å². The van der Waals surface area contributed by atoms with Crippen LogP contribution in [0.25, 0.3) is 0 Å². The maximum Gasteiger partial charge on any atom is 0.279 e. The van der Waals surface area contributed by atoms with Gasteiger partial charge in [-0.15, -0.1) is 0 Å². The summed E-state index contributed by atoms with van der Waals surface area (Å²) in [5.41, 5.74) is 0. The smallest absolute Gasteiger partial charge is 0.279 e. The first-order valence-corrected chi connectivity index (χ1v) is 5.99. The fourth-order valence-electron chi connectivity index (χ4n) is 0.130. The Kier molecular flexibility index (Phi) is 4.21. The van der Waals surface area contributed by atoms with Crippen LogP contribution in [0.5, 0.6) is 0 Å². The van der Waals surface area contributed by atoms with E-state index in [1.54, 1.807) is 0 Å². The summed E-state index contributed by atoms with van der Waals surface area (Å²) in [5.74, 6) is 0. The minimum absolute atomic E-state index is 0.486. The van der Waals surface area contributed by atoms with E-state index in [2.05, 4.69) is 47.8 Å². The van der Waals surface area contributed by atoms with Gasteiger partial charge < -0.3 is 0 Å². The minimum atomic E-state index is -3.98. The van der Waals surface area contributed by atoms with Crippen molar-refractivity contribution in [3.8, 4) is 0 Å². The Morgan fingerprint density at radius 2 is 1.56 bits per heavy atom. The van der Waals surface area contributed by atoms with Crippen molar-refractivity contribution in [2.45, 2.75) is 7.90 Å². The third kappa shape index (κ3) is 3.92. The quantitative estimate of drug-likeness (QED) is 0.612. The Morgan fingerprint density at radius 1 is 1.22 bits per heavy atom. The van der Waals surface area contributed by atoms with E-state index in [1.165, 1.54) is 0 Å². The third-order valence-electron chi connectivity index (χ3n) is 0.483. The summed E-state index contributed by atoms with van der Waals surface area (Å²) in [5, 5.41) is 0. The zero-order chi connectivity index (χ0) is 7.65. The zero-order valence-corrected chi connectivity index (χ0v) is 9.54. The van der Waals surface area contributed by atoms with Crippen LogP contribution < -0.4 is 0 Å². The molecule has 0 rings (SSSR count). The molecule has 3 nitrogen and oxygen atoms in total. The fourth-order valence-corrected chi connectivity index (χ4v) is 2.03. The first kappa shape index (κ1) is 10.3. The molecule has 0 saturated heterocycles. The zero-order valence-electron chi connectivity index (χ0n) is 3.96. The Balaban J connectivity index is 4.24. The third-order valence-corrected chi connectivity index (χ3v) is 6.45. The molecule has 0 spiro atoms. The summed E-state index contributed by atoms with van der Waals surface area (Å²) in [4.78, 5) is 0. The molecule has 0 aliphatic carbocycles. The molecule has 0 saturated carbocycles. The van der Waals surface area contributed by atoms with Crippen LogP contribution >= 0.6 is 47.8 Å². The van der Waals surface area contributed by atoms with Crippen molar-refractivity contribution in [3.63, 3.8) is 0 Å². The highest BCUT2D eigenvalue weighted by molar-refractivity contribution is 9.25.